The molecular formula is C16H17N3O4. The quantitative estimate of drug-likeness (QED) is 0.442. The molecule has 0 radical (unpaired) electrons. The maximum Gasteiger partial charge on any atom is 0.292 e. The topological polar surface area (TPSA) is 93.5 Å². The van der Waals surface area contributed by atoms with E-state index in [9.17, 15) is 14.9 Å². The zero-order valence-electron chi connectivity index (χ0n) is 12.4. The molecule has 120 valence electrons. The highest BCUT2D eigenvalue weighted by Crippen LogP contribution is 2.22. The molecule has 2 aromatic rings. The third-order valence-electron chi connectivity index (χ3n) is 2.98. The molecule has 23 heavy (non-hydrogen) atoms. The number of rotatable bonds is 8. The Morgan fingerprint density at radius 3 is 2.48 bits per heavy atom. The lowest BCUT2D eigenvalue weighted by Gasteiger charge is -2.09. The summed E-state index contributed by atoms with van der Waals surface area (Å²) < 4.78 is 5.31. The minimum Gasteiger partial charge on any atom is -0.484 e. The molecule has 0 heterocycles. The summed E-state index contributed by atoms with van der Waals surface area (Å²) in [6, 6.07) is 15.4. The summed E-state index contributed by atoms with van der Waals surface area (Å²) in [6.45, 7) is 0.639. The summed E-state index contributed by atoms with van der Waals surface area (Å²) in [5.74, 6) is 0.374. The SMILES string of the molecule is O=C(COc1ccccc1)NCCNc1ccccc1[N+](=O)[O-]. The molecule has 0 saturated heterocycles. The van der Waals surface area contributed by atoms with Crippen molar-refractivity contribution in [3.05, 3.63) is 64.7 Å². The summed E-state index contributed by atoms with van der Waals surface area (Å²) in [7, 11) is 0. The third kappa shape index (κ3) is 5.31. The number of ether oxygens (including phenoxy) is 1. The minimum absolute atomic E-state index is 0.00578. The Labute approximate surface area is 133 Å². The van der Waals surface area contributed by atoms with Gasteiger partial charge in [0.25, 0.3) is 11.6 Å². The maximum absolute atomic E-state index is 11.6. The Kier molecular flexibility index (Phi) is 5.93. The van der Waals surface area contributed by atoms with Crippen LogP contribution in [0.4, 0.5) is 11.4 Å². The lowest BCUT2D eigenvalue weighted by Crippen LogP contribution is -2.32. The monoisotopic (exact) mass is 315 g/mol. The maximum atomic E-state index is 11.6. The van der Waals surface area contributed by atoms with E-state index in [4.69, 9.17) is 4.74 Å². The number of nitro benzene ring substituents is 1. The molecule has 2 rings (SSSR count). The van der Waals surface area contributed by atoms with Crippen LogP contribution in [0.3, 0.4) is 0 Å². The average molecular weight is 315 g/mol. The van der Waals surface area contributed by atoms with Crippen LogP contribution in [0.5, 0.6) is 5.75 Å². The van der Waals surface area contributed by atoms with Gasteiger partial charge in [-0.3, -0.25) is 14.9 Å². The number of amides is 1. The summed E-state index contributed by atoms with van der Waals surface area (Å²) in [6.07, 6.45) is 0. The van der Waals surface area contributed by atoms with Gasteiger partial charge in [0.05, 0.1) is 4.92 Å². The second-order valence-corrected chi connectivity index (χ2v) is 4.65. The van der Waals surface area contributed by atoms with Crippen molar-refractivity contribution < 1.29 is 14.5 Å². The van der Waals surface area contributed by atoms with Gasteiger partial charge in [-0.15, -0.1) is 0 Å². The Morgan fingerprint density at radius 1 is 1.04 bits per heavy atom. The molecule has 2 N–H and O–H groups in total. The number of nitrogens with zero attached hydrogens (tertiary/aromatic N) is 1. The number of benzene rings is 2. The summed E-state index contributed by atoms with van der Waals surface area (Å²) >= 11 is 0. The van der Waals surface area contributed by atoms with Crippen LogP contribution in [0.1, 0.15) is 0 Å². The van der Waals surface area contributed by atoms with Crippen LogP contribution >= 0.6 is 0 Å². The molecule has 0 aliphatic heterocycles. The first-order valence-corrected chi connectivity index (χ1v) is 7.08. The highest BCUT2D eigenvalue weighted by atomic mass is 16.6. The molecule has 0 fully saturated rings. The van der Waals surface area contributed by atoms with Crippen molar-refractivity contribution in [3.8, 4) is 5.75 Å². The molecule has 0 bridgehead atoms. The van der Waals surface area contributed by atoms with Gasteiger partial charge in [0, 0.05) is 19.2 Å². The molecule has 7 nitrogen and oxygen atoms in total. The number of carbonyl (C=O) groups excluding carboxylic acids is 1. The molecule has 0 aliphatic carbocycles. The van der Waals surface area contributed by atoms with Crippen molar-refractivity contribution in [2.75, 3.05) is 25.0 Å². The van der Waals surface area contributed by atoms with Crippen molar-refractivity contribution in [2.24, 2.45) is 0 Å². The molecule has 0 spiro atoms. The molecule has 0 aliphatic rings. The third-order valence-corrected chi connectivity index (χ3v) is 2.98. The van der Waals surface area contributed by atoms with Gasteiger partial charge in [-0.25, -0.2) is 0 Å². The first kappa shape index (κ1) is 16.3. The molecule has 0 saturated carbocycles. The van der Waals surface area contributed by atoms with E-state index in [1.807, 2.05) is 18.2 Å². The number of hydrogen-bond donors (Lipinski definition) is 2. The predicted octanol–water partition coefficient (Wildman–Crippen LogP) is 2.20. The first-order chi connectivity index (χ1) is 11.2. The van der Waals surface area contributed by atoms with E-state index in [2.05, 4.69) is 10.6 Å². The van der Waals surface area contributed by atoms with E-state index >= 15 is 0 Å². The van der Waals surface area contributed by atoms with Gasteiger partial charge in [0.2, 0.25) is 0 Å². The lowest BCUT2D eigenvalue weighted by molar-refractivity contribution is -0.384. The van der Waals surface area contributed by atoms with Crippen molar-refractivity contribution in [2.45, 2.75) is 0 Å². The molecular weight excluding hydrogens is 298 g/mol. The number of nitrogens with one attached hydrogen (secondary N) is 2. The molecule has 7 heteroatoms. The van der Waals surface area contributed by atoms with E-state index < -0.39 is 4.92 Å². The van der Waals surface area contributed by atoms with Gasteiger partial charge in [-0.2, -0.15) is 0 Å². The van der Waals surface area contributed by atoms with E-state index in [0.717, 1.165) is 0 Å². The fourth-order valence-corrected chi connectivity index (χ4v) is 1.90. The normalized spacial score (nSPS) is 9.91. The van der Waals surface area contributed by atoms with Crippen molar-refractivity contribution in [1.29, 1.82) is 0 Å². The highest BCUT2D eigenvalue weighted by Gasteiger charge is 2.11. The van der Waals surface area contributed by atoms with Crippen LogP contribution in [0.15, 0.2) is 54.6 Å². The number of para-hydroxylation sites is 3. The van der Waals surface area contributed by atoms with Crippen LogP contribution in [0.25, 0.3) is 0 Å². The number of carbonyl (C=O) groups is 1. The van der Waals surface area contributed by atoms with E-state index in [0.29, 0.717) is 24.5 Å². The Balaban J connectivity index is 1.69. The second kappa shape index (κ2) is 8.38. The first-order valence-electron chi connectivity index (χ1n) is 7.08. The summed E-state index contributed by atoms with van der Waals surface area (Å²) in [5, 5.41) is 16.5. The molecule has 0 unspecified atom stereocenters. The highest BCUT2D eigenvalue weighted by molar-refractivity contribution is 5.77. The van der Waals surface area contributed by atoms with Gasteiger partial charge in [0.1, 0.15) is 11.4 Å². The van der Waals surface area contributed by atoms with Crippen LogP contribution in [-0.4, -0.2) is 30.5 Å². The van der Waals surface area contributed by atoms with Gasteiger partial charge >= 0.3 is 0 Å². The van der Waals surface area contributed by atoms with Crippen molar-refractivity contribution in [3.63, 3.8) is 0 Å². The Bertz CT molecular complexity index is 661. The van der Waals surface area contributed by atoms with Crippen molar-refractivity contribution in [1.82, 2.24) is 5.32 Å². The smallest absolute Gasteiger partial charge is 0.292 e. The standard InChI is InChI=1S/C16H17N3O4/c20-16(12-23-13-6-2-1-3-7-13)18-11-10-17-14-8-4-5-9-15(14)19(21)22/h1-9,17H,10-12H2,(H,18,20). The molecule has 0 atom stereocenters. The lowest BCUT2D eigenvalue weighted by atomic mass is 10.2. The Hall–Kier alpha value is -3.09. The fourth-order valence-electron chi connectivity index (χ4n) is 1.90. The van der Waals surface area contributed by atoms with Crippen molar-refractivity contribution >= 4 is 17.3 Å². The minimum atomic E-state index is -0.450. The van der Waals surface area contributed by atoms with E-state index in [1.54, 1.807) is 30.3 Å². The largest absolute Gasteiger partial charge is 0.484 e. The van der Waals surface area contributed by atoms with Crippen LogP contribution in [0, 0.1) is 10.1 Å². The van der Waals surface area contributed by atoms with Gasteiger partial charge in [0.15, 0.2) is 6.61 Å². The van der Waals surface area contributed by atoms with Crippen LogP contribution in [-0.2, 0) is 4.79 Å². The molecule has 2 aromatic carbocycles. The van der Waals surface area contributed by atoms with Crippen LogP contribution in [0.2, 0.25) is 0 Å². The zero-order chi connectivity index (χ0) is 16.5. The van der Waals surface area contributed by atoms with Crippen LogP contribution < -0.4 is 15.4 Å². The van der Waals surface area contributed by atoms with Gasteiger partial charge in [-0.1, -0.05) is 30.3 Å². The predicted molar refractivity (Wildman–Crippen MR) is 86.5 cm³/mol. The molecule has 1 amide bonds. The van der Waals surface area contributed by atoms with Gasteiger partial charge < -0.3 is 15.4 Å². The van der Waals surface area contributed by atoms with E-state index in [1.165, 1.54) is 6.07 Å². The van der Waals surface area contributed by atoms with E-state index in [-0.39, 0.29) is 18.2 Å². The fraction of sp³-hybridized carbons (Fsp3) is 0.188. The molecule has 0 aromatic heterocycles. The summed E-state index contributed by atoms with van der Waals surface area (Å²) in [4.78, 5) is 22.0. The second-order valence-electron chi connectivity index (χ2n) is 4.65. The zero-order valence-corrected chi connectivity index (χ0v) is 12.4. The number of nitro groups is 1. The summed E-state index contributed by atoms with van der Waals surface area (Å²) in [5.41, 5.74) is 0.429. The number of anilines is 1. The van der Waals surface area contributed by atoms with Gasteiger partial charge in [-0.05, 0) is 18.2 Å². The average Bonchev–Trinajstić information content (AvgIpc) is 2.58. The number of hydrogen-bond acceptors (Lipinski definition) is 5. The Morgan fingerprint density at radius 2 is 1.74 bits per heavy atom.